The van der Waals surface area contributed by atoms with Crippen LogP contribution in [-0.2, 0) is 26.2 Å². The Labute approximate surface area is 231 Å². The first-order chi connectivity index (χ1) is 18.0. The van der Waals surface area contributed by atoms with Crippen molar-refractivity contribution in [2.75, 3.05) is 10.8 Å². The van der Waals surface area contributed by atoms with Crippen molar-refractivity contribution in [1.29, 1.82) is 0 Å². The molecule has 0 aliphatic heterocycles. The summed E-state index contributed by atoms with van der Waals surface area (Å²) in [6.45, 7) is 4.72. The van der Waals surface area contributed by atoms with Gasteiger partial charge in [0.05, 0.1) is 10.6 Å². The van der Waals surface area contributed by atoms with E-state index in [0.717, 1.165) is 20.4 Å². The summed E-state index contributed by atoms with van der Waals surface area (Å²) in [7, 11) is -4.32. The number of para-hydroxylation sites is 1. The number of hydrogen-bond donors (Lipinski definition) is 1. The minimum absolute atomic E-state index is 0.0455. The summed E-state index contributed by atoms with van der Waals surface area (Å²) in [6, 6.07) is 19.1. The van der Waals surface area contributed by atoms with Gasteiger partial charge in [-0.2, -0.15) is 0 Å². The predicted molar refractivity (Wildman–Crippen MR) is 149 cm³/mol. The van der Waals surface area contributed by atoms with Crippen LogP contribution >= 0.6 is 15.9 Å². The summed E-state index contributed by atoms with van der Waals surface area (Å²) < 4.78 is 43.7. The third-order valence-corrected chi connectivity index (χ3v) is 8.41. The maximum absolute atomic E-state index is 14.9. The Morgan fingerprint density at radius 2 is 1.63 bits per heavy atom. The average molecular weight is 605 g/mol. The number of hydrogen-bond acceptors (Lipinski definition) is 4. The molecule has 0 aromatic heterocycles. The van der Waals surface area contributed by atoms with Gasteiger partial charge in [0.1, 0.15) is 18.4 Å². The molecule has 0 fully saturated rings. The SMILES string of the molecule is CC[C@H](C)NC(=O)[C@H](C)N(Cc1cccc(Br)c1)C(=O)CN(c1ccccc1F)S(=O)(=O)c1ccccc1. The lowest BCUT2D eigenvalue weighted by Crippen LogP contribution is -2.52. The standard InChI is InChI=1S/C28H31BrFN3O4S/c1-4-20(2)31-28(35)21(3)32(18-22-11-10-12-23(29)17-22)27(34)19-33(26-16-9-8-15-25(26)30)38(36,37)24-13-6-5-7-14-24/h5-17,20-21H,4,18-19H2,1-3H3,(H,31,35)/t20-,21-/m0/s1. The van der Waals surface area contributed by atoms with Gasteiger partial charge in [-0.1, -0.05) is 65.3 Å². The van der Waals surface area contributed by atoms with E-state index in [2.05, 4.69) is 21.2 Å². The quantitative estimate of drug-likeness (QED) is 0.330. The second-order valence-corrected chi connectivity index (χ2v) is 11.7. The van der Waals surface area contributed by atoms with Crippen molar-refractivity contribution in [3.63, 3.8) is 0 Å². The fourth-order valence-corrected chi connectivity index (χ4v) is 5.66. The number of halogens is 2. The van der Waals surface area contributed by atoms with Gasteiger partial charge in [0.2, 0.25) is 11.8 Å². The minimum Gasteiger partial charge on any atom is -0.352 e. The van der Waals surface area contributed by atoms with Crippen LogP contribution in [0.5, 0.6) is 0 Å². The molecule has 2 atom stereocenters. The summed E-state index contributed by atoms with van der Waals surface area (Å²) in [4.78, 5) is 28.1. The van der Waals surface area contributed by atoms with Crippen LogP contribution in [0.4, 0.5) is 10.1 Å². The lowest BCUT2D eigenvalue weighted by Gasteiger charge is -2.32. The summed E-state index contributed by atoms with van der Waals surface area (Å²) in [5.41, 5.74) is 0.475. The van der Waals surface area contributed by atoms with E-state index in [1.807, 2.05) is 26.0 Å². The number of amides is 2. The van der Waals surface area contributed by atoms with Crippen molar-refractivity contribution in [2.45, 2.75) is 50.7 Å². The second kappa shape index (κ2) is 13.0. The van der Waals surface area contributed by atoms with Crippen LogP contribution in [0.15, 0.2) is 88.2 Å². The molecule has 3 aromatic rings. The number of rotatable bonds is 11. The Morgan fingerprint density at radius 3 is 2.26 bits per heavy atom. The number of carbonyl (C=O) groups is 2. The third-order valence-electron chi connectivity index (χ3n) is 6.14. The average Bonchev–Trinajstić information content (AvgIpc) is 2.90. The summed E-state index contributed by atoms with van der Waals surface area (Å²) in [6.07, 6.45) is 0.703. The van der Waals surface area contributed by atoms with Gasteiger partial charge in [-0.25, -0.2) is 12.8 Å². The molecule has 0 spiro atoms. The van der Waals surface area contributed by atoms with Crippen molar-refractivity contribution in [2.24, 2.45) is 0 Å². The summed E-state index contributed by atoms with van der Waals surface area (Å²) >= 11 is 3.42. The molecule has 0 heterocycles. The molecule has 3 rings (SSSR count). The van der Waals surface area contributed by atoms with E-state index >= 15 is 0 Å². The van der Waals surface area contributed by atoms with Crippen LogP contribution in [0.3, 0.4) is 0 Å². The highest BCUT2D eigenvalue weighted by Crippen LogP contribution is 2.27. The van der Waals surface area contributed by atoms with Crippen LogP contribution in [-0.4, -0.2) is 43.8 Å². The molecule has 0 bridgehead atoms. The van der Waals surface area contributed by atoms with Gasteiger partial charge in [-0.05, 0) is 62.2 Å². The van der Waals surface area contributed by atoms with E-state index in [0.29, 0.717) is 6.42 Å². The first-order valence-electron chi connectivity index (χ1n) is 12.2. The van der Waals surface area contributed by atoms with E-state index < -0.39 is 34.3 Å². The van der Waals surface area contributed by atoms with Crippen LogP contribution in [0, 0.1) is 5.82 Å². The number of carbonyl (C=O) groups excluding carboxylic acids is 2. The van der Waals surface area contributed by atoms with Crippen LogP contribution in [0.1, 0.15) is 32.8 Å². The maximum Gasteiger partial charge on any atom is 0.264 e. The highest BCUT2D eigenvalue weighted by molar-refractivity contribution is 9.10. The molecule has 0 saturated carbocycles. The molecule has 38 heavy (non-hydrogen) atoms. The van der Waals surface area contributed by atoms with Crippen molar-refractivity contribution in [1.82, 2.24) is 10.2 Å². The van der Waals surface area contributed by atoms with Crippen LogP contribution in [0.25, 0.3) is 0 Å². The molecule has 3 aromatic carbocycles. The van der Waals surface area contributed by atoms with Crippen LogP contribution < -0.4 is 9.62 Å². The zero-order valence-electron chi connectivity index (χ0n) is 21.5. The normalized spacial score (nSPS) is 12.9. The molecule has 1 N–H and O–H groups in total. The Kier molecular flexibility index (Phi) is 10.0. The van der Waals surface area contributed by atoms with Gasteiger partial charge in [0.15, 0.2) is 0 Å². The number of benzene rings is 3. The molecule has 7 nitrogen and oxygen atoms in total. The fraction of sp³-hybridized carbons (Fsp3) is 0.286. The van der Waals surface area contributed by atoms with Gasteiger partial charge in [0, 0.05) is 17.1 Å². The van der Waals surface area contributed by atoms with Crippen molar-refractivity contribution >= 4 is 43.5 Å². The topological polar surface area (TPSA) is 86.8 Å². The highest BCUT2D eigenvalue weighted by Gasteiger charge is 2.33. The van der Waals surface area contributed by atoms with Gasteiger partial charge >= 0.3 is 0 Å². The lowest BCUT2D eigenvalue weighted by atomic mass is 10.1. The Bertz CT molecular complexity index is 1370. The Hall–Kier alpha value is -3.24. The van der Waals surface area contributed by atoms with E-state index in [-0.39, 0.29) is 29.1 Å². The molecule has 202 valence electrons. The van der Waals surface area contributed by atoms with E-state index in [4.69, 9.17) is 0 Å². The molecule has 10 heteroatoms. The van der Waals surface area contributed by atoms with Gasteiger partial charge in [-0.15, -0.1) is 0 Å². The highest BCUT2D eigenvalue weighted by atomic mass is 79.9. The number of nitrogens with one attached hydrogen (secondary N) is 1. The van der Waals surface area contributed by atoms with Gasteiger partial charge in [-0.3, -0.25) is 13.9 Å². The van der Waals surface area contributed by atoms with Crippen molar-refractivity contribution < 1.29 is 22.4 Å². The molecule has 2 amide bonds. The maximum atomic E-state index is 14.9. The molecule has 0 radical (unpaired) electrons. The smallest absolute Gasteiger partial charge is 0.264 e. The number of nitrogens with zero attached hydrogens (tertiary/aromatic N) is 2. The first-order valence-corrected chi connectivity index (χ1v) is 14.4. The Balaban J connectivity index is 2.03. The predicted octanol–water partition coefficient (Wildman–Crippen LogP) is 5.12. The van der Waals surface area contributed by atoms with Gasteiger partial charge in [0.25, 0.3) is 10.0 Å². The van der Waals surface area contributed by atoms with E-state index in [1.165, 1.54) is 35.2 Å². The summed E-state index contributed by atoms with van der Waals surface area (Å²) in [5.74, 6) is -1.81. The molecule has 0 saturated heterocycles. The summed E-state index contributed by atoms with van der Waals surface area (Å²) in [5, 5.41) is 2.88. The van der Waals surface area contributed by atoms with Crippen molar-refractivity contribution in [3.8, 4) is 0 Å². The molecule has 0 aliphatic carbocycles. The first kappa shape index (κ1) is 29.3. The lowest BCUT2D eigenvalue weighted by molar-refractivity contribution is -0.139. The fourth-order valence-electron chi connectivity index (χ4n) is 3.77. The third kappa shape index (κ3) is 7.20. The molecule has 0 unspecified atom stereocenters. The van der Waals surface area contributed by atoms with Crippen molar-refractivity contribution in [3.05, 3.63) is 94.7 Å². The second-order valence-electron chi connectivity index (χ2n) is 8.92. The molecular weight excluding hydrogens is 573 g/mol. The zero-order valence-corrected chi connectivity index (χ0v) is 23.9. The number of anilines is 1. The molecule has 0 aliphatic rings. The molecular formula is C28H31BrFN3O4S. The monoisotopic (exact) mass is 603 g/mol. The van der Waals surface area contributed by atoms with Gasteiger partial charge < -0.3 is 10.2 Å². The zero-order chi connectivity index (χ0) is 27.9. The Morgan fingerprint density at radius 1 is 0.974 bits per heavy atom. The number of sulfonamides is 1. The minimum atomic E-state index is -4.32. The largest absolute Gasteiger partial charge is 0.352 e. The van der Waals surface area contributed by atoms with Crippen LogP contribution in [0.2, 0.25) is 0 Å². The van der Waals surface area contributed by atoms with E-state index in [9.17, 15) is 22.4 Å². The van der Waals surface area contributed by atoms with E-state index in [1.54, 1.807) is 37.3 Å².